The van der Waals surface area contributed by atoms with Crippen molar-refractivity contribution in [1.29, 1.82) is 0 Å². The quantitative estimate of drug-likeness (QED) is 0.667. The van der Waals surface area contributed by atoms with Gasteiger partial charge in [-0.15, -0.1) is 0 Å². The fourth-order valence-corrected chi connectivity index (χ4v) is 1.46. The molecule has 0 atom stereocenters. The van der Waals surface area contributed by atoms with Gasteiger partial charge in [-0.3, -0.25) is 14.9 Å². The maximum absolute atomic E-state index is 13.0. The third-order valence-corrected chi connectivity index (χ3v) is 2.48. The third-order valence-electron chi connectivity index (χ3n) is 2.48. The number of nitrogens with zero attached hydrogens (tertiary/aromatic N) is 2. The minimum absolute atomic E-state index is 0.201. The van der Waals surface area contributed by atoms with E-state index in [0.29, 0.717) is 6.07 Å². The first-order valence-corrected chi connectivity index (χ1v) is 5.48. The van der Waals surface area contributed by atoms with Crippen LogP contribution in [0.2, 0.25) is 0 Å². The van der Waals surface area contributed by atoms with Crippen LogP contribution in [0.5, 0.6) is 5.75 Å². The standard InChI is InChI=1S/C12H7F2N3O4/c13-8-2-1-6(3-9(8)14)12(19)16-11-10(18)4-7(5-15-11)17(20)21/h1-5,18H,(H,15,16,19). The molecular formula is C12H7F2N3O4. The van der Waals surface area contributed by atoms with Crippen LogP contribution >= 0.6 is 0 Å². The van der Waals surface area contributed by atoms with E-state index in [9.17, 15) is 28.8 Å². The summed E-state index contributed by atoms with van der Waals surface area (Å²) in [6, 6.07) is 3.28. The molecule has 0 radical (unpaired) electrons. The normalized spacial score (nSPS) is 10.2. The first-order valence-electron chi connectivity index (χ1n) is 5.48. The number of pyridine rings is 1. The summed E-state index contributed by atoms with van der Waals surface area (Å²) >= 11 is 0. The Balaban J connectivity index is 2.23. The number of carbonyl (C=O) groups excluding carboxylic acids is 1. The van der Waals surface area contributed by atoms with Crippen LogP contribution in [-0.2, 0) is 0 Å². The van der Waals surface area contributed by atoms with Gasteiger partial charge < -0.3 is 10.4 Å². The van der Waals surface area contributed by atoms with Gasteiger partial charge in [0.05, 0.1) is 11.0 Å². The molecule has 1 amide bonds. The molecule has 1 aromatic heterocycles. The van der Waals surface area contributed by atoms with Crippen molar-refractivity contribution < 1.29 is 23.6 Å². The lowest BCUT2D eigenvalue weighted by atomic mass is 10.2. The lowest BCUT2D eigenvalue weighted by molar-refractivity contribution is -0.385. The summed E-state index contributed by atoms with van der Waals surface area (Å²) in [7, 11) is 0. The van der Waals surface area contributed by atoms with Gasteiger partial charge in [0.15, 0.2) is 23.2 Å². The third kappa shape index (κ3) is 3.08. The molecule has 1 aromatic carbocycles. The van der Waals surface area contributed by atoms with Crippen molar-refractivity contribution >= 4 is 17.4 Å². The Labute approximate surface area is 116 Å². The number of halogens is 2. The van der Waals surface area contributed by atoms with E-state index in [0.717, 1.165) is 24.4 Å². The van der Waals surface area contributed by atoms with E-state index >= 15 is 0 Å². The van der Waals surface area contributed by atoms with Crippen LogP contribution in [0.25, 0.3) is 0 Å². The Bertz CT molecular complexity index is 736. The Morgan fingerprint density at radius 1 is 1.29 bits per heavy atom. The summed E-state index contributed by atoms with van der Waals surface area (Å²) in [5.41, 5.74) is -0.660. The number of nitro groups is 1. The molecule has 0 saturated heterocycles. The predicted molar refractivity (Wildman–Crippen MR) is 66.9 cm³/mol. The second-order valence-corrected chi connectivity index (χ2v) is 3.90. The molecule has 0 unspecified atom stereocenters. The molecular weight excluding hydrogens is 288 g/mol. The topological polar surface area (TPSA) is 105 Å². The number of aromatic hydroxyl groups is 1. The second kappa shape index (κ2) is 5.49. The highest BCUT2D eigenvalue weighted by molar-refractivity contribution is 6.04. The molecule has 0 spiro atoms. The molecule has 7 nitrogen and oxygen atoms in total. The van der Waals surface area contributed by atoms with E-state index in [1.807, 2.05) is 0 Å². The van der Waals surface area contributed by atoms with Crippen LogP contribution < -0.4 is 5.32 Å². The molecule has 21 heavy (non-hydrogen) atoms. The Morgan fingerprint density at radius 3 is 2.57 bits per heavy atom. The van der Waals surface area contributed by atoms with Crippen molar-refractivity contribution in [3.63, 3.8) is 0 Å². The first kappa shape index (κ1) is 14.3. The Kier molecular flexibility index (Phi) is 3.74. The van der Waals surface area contributed by atoms with Crippen molar-refractivity contribution in [3.8, 4) is 5.75 Å². The van der Waals surface area contributed by atoms with E-state index in [-0.39, 0.29) is 11.4 Å². The molecule has 0 aliphatic heterocycles. The number of hydrogen-bond donors (Lipinski definition) is 2. The minimum Gasteiger partial charge on any atom is -0.504 e. The van der Waals surface area contributed by atoms with Gasteiger partial charge in [0.2, 0.25) is 0 Å². The van der Waals surface area contributed by atoms with Crippen molar-refractivity contribution in [2.24, 2.45) is 0 Å². The molecule has 2 N–H and O–H groups in total. The monoisotopic (exact) mass is 295 g/mol. The van der Waals surface area contributed by atoms with Crippen molar-refractivity contribution in [3.05, 3.63) is 57.8 Å². The second-order valence-electron chi connectivity index (χ2n) is 3.90. The highest BCUT2D eigenvalue weighted by atomic mass is 19.2. The number of benzene rings is 1. The van der Waals surface area contributed by atoms with Gasteiger partial charge in [0, 0.05) is 5.56 Å². The molecule has 2 rings (SSSR count). The molecule has 0 bridgehead atoms. The van der Waals surface area contributed by atoms with Crippen LogP contribution in [-0.4, -0.2) is 20.9 Å². The Hall–Kier alpha value is -3.10. The number of nitrogens with one attached hydrogen (secondary N) is 1. The molecule has 1 heterocycles. The average Bonchev–Trinajstić information content (AvgIpc) is 2.43. The van der Waals surface area contributed by atoms with E-state index in [2.05, 4.69) is 10.3 Å². The van der Waals surface area contributed by atoms with Crippen LogP contribution in [0.4, 0.5) is 20.3 Å². The molecule has 0 fully saturated rings. The van der Waals surface area contributed by atoms with E-state index in [1.54, 1.807) is 0 Å². The smallest absolute Gasteiger partial charge is 0.291 e. The van der Waals surface area contributed by atoms with Gasteiger partial charge in [-0.05, 0) is 18.2 Å². The SMILES string of the molecule is O=C(Nc1ncc([N+](=O)[O-])cc1O)c1ccc(F)c(F)c1. The number of amides is 1. The summed E-state index contributed by atoms with van der Waals surface area (Å²) in [5, 5.41) is 22.1. The zero-order chi connectivity index (χ0) is 15.6. The van der Waals surface area contributed by atoms with Gasteiger partial charge >= 0.3 is 0 Å². The summed E-state index contributed by atoms with van der Waals surface area (Å²) in [4.78, 5) is 25.0. The zero-order valence-electron chi connectivity index (χ0n) is 10.2. The van der Waals surface area contributed by atoms with Crippen molar-refractivity contribution in [2.75, 3.05) is 5.32 Å². The van der Waals surface area contributed by atoms with Gasteiger partial charge in [-0.25, -0.2) is 13.8 Å². The van der Waals surface area contributed by atoms with E-state index in [4.69, 9.17) is 0 Å². The van der Waals surface area contributed by atoms with Crippen LogP contribution in [0.1, 0.15) is 10.4 Å². The number of hydrogen-bond acceptors (Lipinski definition) is 5. The average molecular weight is 295 g/mol. The van der Waals surface area contributed by atoms with E-state index < -0.39 is 33.9 Å². The number of rotatable bonds is 3. The molecule has 108 valence electrons. The highest BCUT2D eigenvalue weighted by Gasteiger charge is 2.15. The fourth-order valence-electron chi connectivity index (χ4n) is 1.46. The summed E-state index contributed by atoms with van der Waals surface area (Å²) in [5.74, 6) is -4.13. The van der Waals surface area contributed by atoms with Gasteiger partial charge in [0.1, 0.15) is 6.20 Å². The Morgan fingerprint density at radius 2 is 2.00 bits per heavy atom. The van der Waals surface area contributed by atoms with Crippen molar-refractivity contribution in [2.45, 2.75) is 0 Å². The van der Waals surface area contributed by atoms with Gasteiger partial charge in [-0.2, -0.15) is 0 Å². The van der Waals surface area contributed by atoms with Crippen LogP contribution in [0, 0.1) is 21.7 Å². The zero-order valence-corrected chi connectivity index (χ0v) is 10.2. The van der Waals surface area contributed by atoms with Gasteiger partial charge in [0.25, 0.3) is 11.6 Å². The molecule has 0 saturated carbocycles. The fraction of sp³-hybridized carbons (Fsp3) is 0. The highest BCUT2D eigenvalue weighted by Crippen LogP contribution is 2.25. The predicted octanol–water partition coefficient (Wildman–Crippen LogP) is 2.23. The summed E-state index contributed by atoms with van der Waals surface area (Å²) in [6.07, 6.45) is 0.834. The number of carbonyl (C=O) groups is 1. The van der Waals surface area contributed by atoms with E-state index in [1.165, 1.54) is 0 Å². The van der Waals surface area contributed by atoms with Crippen molar-refractivity contribution in [1.82, 2.24) is 4.98 Å². The van der Waals surface area contributed by atoms with Crippen LogP contribution in [0.3, 0.4) is 0 Å². The molecule has 9 heteroatoms. The minimum atomic E-state index is -1.21. The summed E-state index contributed by atoms with van der Waals surface area (Å²) in [6.45, 7) is 0. The largest absolute Gasteiger partial charge is 0.504 e. The van der Waals surface area contributed by atoms with Crippen LogP contribution in [0.15, 0.2) is 30.5 Å². The lowest BCUT2D eigenvalue weighted by Gasteiger charge is -2.06. The lowest BCUT2D eigenvalue weighted by Crippen LogP contribution is -2.13. The molecule has 0 aliphatic rings. The maximum atomic E-state index is 13.0. The maximum Gasteiger partial charge on any atom is 0.291 e. The van der Waals surface area contributed by atoms with Gasteiger partial charge in [-0.1, -0.05) is 0 Å². The number of anilines is 1. The molecule has 2 aromatic rings. The first-order chi connectivity index (χ1) is 9.88. The molecule has 0 aliphatic carbocycles. The summed E-state index contributed by atoms with van der Waals surface area (Å²) < 4.78 is 25.8. The number of aromatic nitrogens is 1.